The van der Waals surface area contributed by atoms with Crippen LogP contribution in [0.1, 0.15) is 32.1 Å². The Bertz CT molecular complexity index is 390. The molecule has 0 radical (unpaired) electrons. The van der Waals surface area contributed by atoms with Crippen LogP contribution in [0.25, 0.3) is 0 Å². The highest BCUT2D eigenvalue weighted by molar-refractivity contribution is 5.86. The summed E-state index contributed by atoms with van der Waals surface area (Å²) in [6, 6.07) is -1.63. The van der Waals surface area contributed by atoms with Crippen molar-refractivity contribution in [1.29, 1.82) is 0 Å². The van der Waals surface area contributed by atoms with Crippen LogP contribution in [0, 0.1) is 5.92 Å². The summed E-state index contributed by atoms with van der Waals surface area (Å²) in [5.41, 5.74) is 0. The number of amides is 2. The normalized spacial score (nSPS) is 19.6. The molecule has 0 heterocycles. The van der Waals surface area contributed by atoms with Crippen molar-refractivity contribution in [2.75, 3.05) is 6.54 Å². The van der Waals surface area contributed by atoms with Crippen molar-refractivity contribution in [3.05, 3.63) is 0 Å². The standard InChI is InChI=1S/C12H18N2O5/c15-10(16)5-9(11(17)18)13-12(19)14(8-3-4-8)6-7-1-2-7/h7-9H,1-6H2,(H,13,19)(H,15,16)(H,17,18)/t9-/m0/s1. The fourth-order valence-electron chi connectivity index (χ4n) is 1.97. The quantitative estimate of drug-likeness (QED) is 0.624. The molecule has 0 aliphatic heterocycles. The first-order valence-electron chi connectivity index (χ1n) is 6.49. The maximum absolute atomic E-state index is 12.0. The van der Waals surface area contributed by atoms with E-state index in [9.17, 15) is 14.4 Å². The zero-order chi connectivity index (χ0) is 14.0. The smallest absolute Gasteiger partial charge is 0.326 e. The van der Waals surface area contributed by atoms with Gasteiger partial charge in [-0.15, -0.1) is 0 Å². The molecule has 0 aromatic rings. The van der Waals surface area contributed by atoms with Crippen molar-refractivity contribution in [3.63, 3.8) is 0 Å². The largest absolute Gasteiger partial charge is 0.481 e. The summed E-state index contributed by atoms with van der Waals surface area (Å²) in [5, 5.41) is 19.8. The van der Waals surface area contributed by atoms with E-state index in [-0.39, 0.29) is 6.04 Å². The molecular weight excluding hydrogens is 252 g/mol. The first kappa shape index (κ1) is 13.6. The first-order valence-corrected chi connectivity index (χ1v) is 6.49. The monoisotopic (exact) mass is 270 g/mol. The summed E-state index contributed by atoms with van der Waals surface area (Å²) >= 11 is 0. The van der Waals surface area contributed by atoms with Crippen molar-refractivity contribution in [2.24, 2.45) is 5.92 Å². The van der Waals surface area contributed by atoms with E-state index in [1.807, 2.05) is 0 Å². The second-order valence-electron chi connectivity index (χ2n) is 5.27. The van der Waals surface area contributed by atoms with Crippen LogP contribution in [0.5, 0.6) is 0 Å². The molecule has 2 aliphatic carbocycles. The predicted molar refractivity (Wildman–Crippen MR) is 64.7 cm³/mol. The number of nitrogens with zero attached hydrogens (tertiary/aromatic N) is 1. The van der Waals surface area contributed by atoms with Crippen LogP contribution in [0.3, 0.4) is 0 Å². The lowest BCUT2D eigenvalue weighted by molar-refractivity contribution is -0.145. The SMILES string of the molecule is O=C(O)C[C@H](NC(=O)N(CC1CC1)C1CC1)C(=O)O. The fraction of sp³-hybridized carbons (Fsp3) is 0.750. The topological polar surface area (TPSA) is 107 Å². The number of carbonyl (C=O) groups excluding carboxylic acids is 1. The van der Waals surface area contributed by atoms with Crippen LogP contribution < -0.4 is 5.32 Å². The zero-order valence-corrected chi connectivity index (χ0v) is 10.5. The molecule has 2 saturated carbocycles. The molecule has 0 saturated heterocycles. The number of rotatable bonds is 7. The van der Waals surface area contributed by atoms with Crippen molar-refractivity contribution in [3.8, 4) is 0 Å². The maximum atomic E-state index is 12.0. The van der Waals surface area contributed by atoms with E-state index < -0.39 is 30.4 Å². The number of hydrogen-bond donors (Lipinski definition) is 3. The van der Waals surface area contributed by atoms with E-state index >= 15 is 0 Å². The van der Waals surface area contributed by atoms with E-state index in [1.165, 1.54) is 0 Å². The second-order valence-corrected chi connectivity index (χ2v) is 5.27. The molecule has 2 fully saturated rings. The van der Waals surface area contributed by atoms with Gasteiger partial charge in [0.2, 0.25) is 0 Å². The van der Waals surface area contributed by atoms with Gasteiger partial charge in [-0.3, -0.25) is 4.79 Å². The molecule has 7 nitrogen and oxygen atoms in total. The molecule has 2 amide bonds. The highest BCUT2D eigenvalue weighted by atomic mass is 16.4. The average molecular weight is 270 g/mol. The Hall–Kier alpha value is -1.79. The van der Waals surface area contributed by atoms with Crippen molar-refractivity contribution in [2.45, 2.75) is 44.2 Å². The van der Waals surface area contributed by atoms with Gasteiger partial charge in [-0.2, -0.15) is 0 Å². The second kappa shape index (κ2) is 5.46. The van der Waals surface area contributed by atoms with Gasteiger partial charge in [0.05, 0.1) is 6.42 Å². The molecule has 7 heteroatoms. The third-order valence-electron chi connectivity index (χ3n) is 3.37. The molecule has 2 rings (SSSR count). The Morgan fingerprint density at radius 1 is 1.16 bits per heavy atom. The Morgan fingerprint density at radius 3 is 2.21 bits per heavy atom. The van der Waals surface area contributed by atoms with Gasteiger partial charge in [0.1, 0.15) is 6.04 Å². The van der Waals surface area contributed by atoms with Gasteiger partial charge in [-0.05, 0) is 31.6 Å². The average Bonchev–Trinajstić information content (AvgIpc) is 3.16. The molecule has 0 aromatic carbocycles. The molecule has 1 atom stereocenters. The number of urea groups is 1. The van der Waals surface area contributed by atoms with E-state index in [1.54, 1.807) is 4.90 Å². The number of carbonyl (C=O) groups is 3. The minimum absolute atomic E-state index is 0.194. The minimum Gasteiger partial charge on any atom is -0.481 e. The lowest BCUT2D eigenvalue weighted by Crippen LogP contribution is -2.50. The lowest BCUT2D eigenvalue weighted by Gasteiger charge is -2.24. The maximum Gasteiger partial charge on any atom is 0.326 e. The summed E-state index contributed by atoms with van der Waals surface area (Å²) in [7, 11) is 0. The van der Waals surface area contributed by atoms with E-state index in [0.717, 1.165) is 25.7 Å². The summed E-state index contributed by atoms with van der Waals surface area (Å²) in [5.74, 6) is -2.04. The molecule has 3 N–H and O–H groups in total. The molecule has 19 heavy (non-hydrogen) atoms. The van der Waals surface area contributed by atoms with Gasteiger partial charge in [-0.25, -0.2) is 9.59 Å². The van der Waals surface area contributed by atoms with Crippen LogP contribution in [-0.4, -0.2) is 51.7 Å². The highest BCUT2D eigenvalue weighted by Crippen LogP contribution is 2.34. The Kier molecular flexibility index (Phi) is 3.92. The predicted octanol–water partition coefficient (Wildman–Crippen LogP) is 0.498. The molecule has 0 spiro atoms. The summed E-state index contributed by atoms with van der Waals surface area (Å²) < 4.78 is 0. The third-order valence-corrected chi connectivity index (χ3v) is 3.37. The molecule has 0 aromatic heterocycles. The number of carboxylic acids is 2. The van der Waals surface area contributed by atoms with E-state index in [4.69, 9.17) is 10.2 Å². The molecular formula is C12H18N2O5. The summed E-state index contributed by atoms with van der Waals surface area (Å²) in [4.78, 5) is 35.2. The number of carboxylic acid groups (broad SMARTS) is 2. The molecule has 106 valence electrons. The van der Waals surface area contributed by atoms with Crippen LogP contribution in [0.2, 0.25) is 0 Å². The van der Waals surface area contributed by atoms with Gasteiger partial charge in [0, 0.05) is 12.6 Å². The minimum atomic E-state index is -1.37. The molecule has 2 aliphatic rings. The van der Waals surface area contributed by atoms with Crippen LogP contribution in [0.15, 0.2) is 0 Å². The van der Waals surface area contributed by atoms with Gasteiger partial charge >= 0.3 is 18.0 Å². The van der Waals surface area contributed by atoms with Crippen molar-refractivity contribution < 1.29 is 24.6 Å². The number of hydrogen-bond acceptors (Lipinski definition) is 3. The Morgan fingerprint density at radius 2 is 1.79 bits per heavy atom. The lowest BCUT2D eigenvalue weighted by atomic mass is 10.2. The highest BCUT2D eigenvalue weighted by Gasteiger charge is 2.37. The van der Waals surface area contributed by atoms with E-state index in [0.29, 0.717) is 12.5 Å². The summed E-state index contributed by atoms with van der Waals surface area (Å²) in [6.45, 7) is 0.649. The van der Waals surface area contributed by atoms with Crippen molar-refractivity contribution >= 4 is 18.0 Å². The molecule has 0 unspecified atom stereocenters. The van der Waals surface area contributed by atoms with Crippen LogP contribution >= 0.6 is 0 Å². The third kappa shape index (κ3) is 4.11. The zero-order valence-electron chi connectivity index (χ0n) is 10.5. The fourth-order valence-corrected chi connectivity index (χ4v) is 1.97. The number of aliphatic carboxylic acids is 2. The van der Waals surface area contributed by atoms with Gasteiger partial charge in [0.15, 0.2) is 0 Å². The number of nitrogens with one attached hydrogen (secondary N) is 1. The van der Waals surface area contributed by atoms with Crippen molar-refractivity contribution in [1.82, 2.24) is 10.2 Å². The van der Waals surface area contributed by atoms with Gasteiger partial charge in [-0.1, -0.05) is 0 Å². The Labute approximate surface area is 110 Å². The molecule has 0 bridgehead atoms. The first-order chi connectivity index (χ1) is 8.97. The van der Waals surface area contributed by atoms with Gasteiger partial charge < -0.3 is 20.4 Å². The van der Waals surface area contributed by atoms with Crippen LogP contribution in [0.4, 0.5) is 4.79 Å². The van der Waals surface area contributed by atoms with Gasteiger partial charge in [0.25, 0.3) is 0 Å². The van der Waals surface area contributed by atoms with E-state index in [2.05, 4.69) is 5.32 Å². The Balaban J connectivity index is 1.91. The van der Waals surface area contributed by atoms with Crippen LogP contribution in [-0.2, 0) is 9.59 Å². The summed E-state index contributed by atoms with van der Waals surface area (Å²) in [6.07, 6.45) is 3.48.